The largest absolute Gasteiger partial charge is 0.497 e. The Balaban J connectivity index is 1.86. The third kappa shape index (κ3) is 6.73. The Morgan fingerprint density at radius 2 is 1.93 bits per heavy atom. The Labute approximate surface area is 166 Å². The van der Waals surface area contributed by atoms with E-state index >= 15 is 0 Å². The molecule has 1 unspecified atom stereocenters. The SMILES string of the molecule is CN=C(NCCc1ccc(Cl)nc1)NCC(c1ccc(OC)cc1)N(C)C. The van der Waals surface area contributed by atoms with Crippen LogP contribution < -0.4 is 15.4 Å². The Bertz CT molecular complexity index is 716. The molecule has 7 heteroatoms. The molecule has 0 aliphatic carbocycles. The average molecular weight is 390 g/mol. The van der Waals surface area contributed by atoms with Crippen molar-refractivity contribution in [2.45, 2.75) is 12.5 Å². The zero-order chi connectivity index (χ0) is 19.6. The van der Waals surface area contributed by atoms with Crippen molar-refractivity contribution in [2.75, 3.05) is 41.3 Å². The van der Waals surface area contributed by atoms with Crippen LogP contribution in [0.2, 0.25) is 5.15 Å². The van der Waals surface area contributed by atoms with E-state index in [1.165, 1.54) is 5.56 Å². The summed E-state index contributed by atoms with van der Waals surface area (Å²) < 4.78 is 5.24. The third-order valence-corrected chi connectivity index (χ3v) is 4.53. The summed E-state index contributed by atoms with van der Waals surface area (Å²) in [6.07, 6.45) is 2.65. The van der Waals surface area contributed by atoms with Crippen molar-refractivity contribution in [1.82, 2.24) is 20.5 Å². The smallest absolute Gasteiger partial charge is 0.191 e. The molecule has 1 heterocycles. The summed E-state index contributed by atoms with van der Waals surface area (Å²) in [4.78, 5) is 10.6. The van der Waals surface area contributed by atoms with E-state index in [-0.39, 0.29) is 6.04 Å². The van der Waals surface area contributed by atoms with Crippen LogP contribution >= 0.6 is 11.6 Å². The van der Waals surface area contributed by atoms with Gasteiger partial charge in [-0.25, -0.2) is 4.98 Å². The lowest BCUT2D eigenvalue weighted by Gasteiger charge is -2.26. The van der Waals surface area contributed by atoms with Gasteiger partial charge in [0.1, 0.15) is 10.9 Å². The van der Waals surface area contributed by atoms with Crippen molar-refractivity contribution in [1.29, 1.82) is 0 Å². The van der Waals surface area contributed by atoms with E-state index in [4.69, 9.17) is 16.3 Å². The number of ether oxygens (including phenoxy) is 1. The molecule has 1 aromatic heterocycles. The molecule has 2 aromatic rings. The van der Waals surface area contributed by atoms with Crippen LogP contribution in [0.4, 0.5) is 0 Å². The lowest BCUT2D eigenvalue weighted by atomic mass is 10.1. The quantitative estimate of drug-likeness (QED) is 0.413. The van der Waals surface area contributed by atoms with Gasteiger partial charge in [-0.15, -0.1) is 0 Å². The number of nitrogens with zero attached hydrogens (tertiary/aromatic N) is 3. The molecule has 146 valence electrons. The lowest BCUT2D eigenvalue weighted by molar-refractivity contribution is 0.298. The molecule has 0 aliphatic heterocycles. The molecule has 0 saturated carbocycles. The molecule has 0 radical (unpaired) electrons. The van der Waals surface area contributed by atoms with E-state index in [0.29, 0.717) is 5.15 Å². The van der Waals surface area contributed by atoms with Crippen molar-refractivity contribution >= 4 is 17.6 Å². The lowest BCUT2D eigenvalue weighted by Crippen LogP contribution is -2.42. The van der Waals surface area contributed by atoms with Crippen LogP contribution in [0.15, 0.2) is 47.6 Å². The summed E-state index contributed by atoms with van der Waals surface area (Å²) in [5.41, 5.74) is 2.35. The van der Waals surface area contributed by atoms with Gasteiger partial charge < -0.3 is 20.3 Å². The van der Waals surface area contributed by atoms with Crippen molar-refractivity contribution < 1.29 is 4.74 Å². The van der Waals surface area contributed by atoms with Gasteiger partial charge in [0.25, 0.3) is 0 Å². The van der Waals surface area contributed by atoms with Gasteiger partial charge in [-0.2, -0.15) is 0 Å². The van der Waals surface area contributed by atoms with Crippen LogP contribution in [-0.4, -0.2) is 57.2 Å². The number of likely N-dealkylation sites (N-methyl/N-ethyl adjacent to an activating group) is 1. The van der Waals surface area contributed by atoms with Gasteiger partial charge in [-0.1, -0.05) is 29.8 Å². The summed E-state index contributed by atoms with van der Waals surface area (Å²) in [5.74, 6) is 1.63. The zero-order valence-corrected chi connectivity index (χ0v) is 17.1. The Hall–Kier alpha value is -2.31. The van der Waals surface area contributed by atoms with Crippen molar-refractivity contribution in [3.63, 3.8) is 0 Å². The number of guanidine groups is 1. The summed E-state index contributed by atoms with van der Waals surface area (Å²) in [6, 6.07) is 12.2. The highest BCUT2D eigenvalue weighted by molar-refractivity contribution is 6.29. The third-order valence-electron chi connectivity index (χ3n) is 4.31. The van der Waals surface area contributed by atoms with Crippen LogP contribution in [0, 0.1) is 0 Å². The standard InChI is InChI=1S/C20H28ClN5O/c1-22-20(23-12-11-15-5-10-19(21)24-13-15)25-14-18(26(2)3)16-6-8-17(27-4)9-7-16/h5-10,13,18H,11-12,14H2,1-4H3,(H2,22,23,25). The summed E-state index contributed by atoms with van der Waals surface area (Å²) in [7, 11) is 7.59. The van der Waals surface area contributed by atoms with E-state index in [0.717, 1.165) is 36.8 Å². The Kier molecular flexibility index (Phi) is 8.36. The summed E-state index contributed by atoms with van der Waals surface area (Å²) in [6.45, 7) is 1.50. The van der Waals surface area contributed by atoms with Crippen LogP contribution in [-0.2, 0) is 6.42 Å². The molecule has 0 fully saturated rings. The normalized spacial score (nSPS) is 12.7. The van der Waals surface area contributed by atoms with Crippen LogP contribution in [0.3, 0.4) is 0 Å². The molecule has 27 heavy (non-hydrogen) atoms. The number of hydrogen-bond donors (Lipinski definition) is 2. The maximum absolute atomic E-state index is 5.82. The average Bonchev–Trinajstić information content (AvgIpc) is 2.68. The predicted molar refractivity (Wildman–Crippen MR) is 112 cm³/mol. The fraction of sp³-hybridized carbons (Fsp3) is 0.400. The molecule has 1 atom stereocenters. The van der Waals surface area contributed by atoms with Gasteiger partial charge in [-0.3, -0.25) is 4.99 Å². The van der Waals surface area contributed by atoms with Crippen molar-refractivity contribution in [3.8, 4) is 5.75 Å². The Morgan fingerprint density at radius 3 is 2.48 bits per heavy atom. The second-order valence-corrected chi connectivity index (χ2v) is 6.76. The first-order chi connectivity index (χ1) is 13.0. The van der Waals surface area contributed by atoms with Crippen LogP contribution in [0.1, 0.15) is 17.2 Å². The van der Waals surface area contributed by atoms with Gasteiger partial charge in [0.15, 0.2) is 5.96 Å². The molecule has 2 rings (SSSR count). The predicted octanol–water partition coefficient (Wildman–Crippen LogP) is 2.75. The van der Waals surface area contributed by atoms with E-state index in [1.54, 1.807) is 26.4 Å². The number of rotatable bonds is 8. The van der Waals surface area contributed by atoms with Crippen LogP contribution in [0.5, 0.6) is 5.75 Å². The number of nitrogens with one attached hydrogen (secondary N) is 2. The molecule has 0 bridgehead atoms. The van der Waals surface area contributed by atoms with Crippen molar-refractivity contribution in [3.05, 3.63) is 58.9 Å². The zero-order valence-electron chi connectivity index (χ0n) is 16.4. The molecule has 2 N–H and O–H groups in total. The molecule has 0 saturated heterocycles. The number of aliphatic imine (C=N–C) groups is 1. The van der Waals surface area contributed by atoms with E-state index in [2.05, 4.69) is 51.7 Å². The number of aromatic nitrogens is 1. The number of pyridine rings is 1. The topological polar surface area (TPSA) is 61.8 Å². The molecule has 0 amide bonds. The van der Waals surface area contributed by atoms with E-state index < -0.39 is 0 Å². The maximum Gasteiger partial charge on any atom is 0.191 e. The first kappa shape index (κ1) is 21.0. The molecule has 0 spiro atoms. The van der Waals surface area contributed by atoms with Crippen LogP contribution in [0.25, 0.3) is 0 Å². The molecule has 0 aliphatic rings. The summed E-state index contributed by atoms with van der Waals surface area (Å²) >= 11 is 5.82. The summed E-state index contributed by atoms with van der Waals surface area (Å²) in [5, 5.41) is 7.25. The molecule has 6 nitrogen and oxygen atoms in total. The monoisotopic (exact) mass is 389 g/mol. The minimum atomic E-state index is 0.218. The van der Waals surface area contributed by atoms with E-state index in [1.807, 2.05) is 18.2 Å². The highest BCUT2D eigenvalue weighted by atomic mass is 35.5. The number of benzene rings is 1. The fourth-order valence-corrected chi connectivity index (χ4v) is 2.83. The fourth-order valence-electron chi connectivity index (χ4n) is 2.72. The number of methoxy groups -OCH3 is 1. The van der Waals surface area contributed by atoms with Gasteiger partial charge in [0, 0.05) is 26.3 Å². The molecular weight excluding hydrogens is 362 g/mol. The maximum atomic E-state index is 5.82. The van der Waals surface area contributed by atoms with Gasteiger partial charge >= 0.3 is 0 Å². The molecular formula is C20H28ClN5O. The Morgan fingerprint density at radius 1 is 1.19 bits per heavy atom. The highest BCUT2D eigenvalue weighted by Crippen LogP contribution is 2.20. The number of halogens is 1. The molecule has 1 aromatic carbocycles. The minimum absolute atomic E-state index is 0.218. The first-order valence-electron chi connectivity index (χ1n) is 8.88. The second kappa shape index (κ2) is 10.7. The first-order valence-corrected chi connectivity index (χ1v) is 9.26. The highest BCUT2D eigenvalue weighted by Gasteiger charge is 2.14. The van der Waals surface area contributed by atoms with Crippen molar-refractivity contribution in [2.24, 2.45) is 4.99 Å². The second-order valence-electron chi connectivity index (χ2n) is 6.37. The number of hydrogen-bond acceptors (Lipinski definition) is 4. The minimum Gasteiger partial charge on any atom is -0.497 e. The van der Waals surface area contributed by atoms with Gasteiger partial charge in [-0.05, 0) is 49.8 Å². The van der Waals surface area contributed by atoms with Gasteiger partial charge in [0.2, 0.25) is 0 Å². The van der Waals surface area contributed by atoms with Gasteiger partial charge in [0.05, 0.1) is 13.2 Å². The van der Waals surface area contributed by atoms with E-state index in [9.17, 15) is 0 Å².